The highest BCUT2D eigenvalue weighted by molar-refractivity contribution is 6.36. The molecule has 0 atom stereocenters. The summed E-state index contributed by atoms with van der Waals surface area (Å²) in [5.74, 6) is 2.15. The number of anilines is 2. The molecule has 5 aromatic heterocycles. The van der Waals surface area contributed by atoms with Crippen LogP contribution in [-0.4, -0.2) is 66.0 Å². The molecule has 0 bridgehead atoms. The molecule has 14 heteroatoms. The number of hydrogen-bond acceptors (Lipinski definition) is 10. The molecule has 0 aliphatic heterocycles. The third-order valence-electron chi connectivity index (χ3n) is 6.58. The van der Waals surface area contributed by atoms with Gasteiger partial charge in [0, 0.05) is 20.1 Å². The van der Waals surface area contributed by atoms with Crippen LogP contribution in [0.15, 0.2) is 41.6 Å². The number of aromatic nitrogens is 7. The highest BCUT2D eigenvalue weighted by atomic mass is 35.5. The Morgan fingerprint density at radius 1 is 1.20 bits per heavy atom. The topological polar surface area (TPSA) is 143 Å². The number of hydrogen-bond donors (Lipinski definition) is 2. The quantitative estimate of drug-likeness (QED) is 0.229. The van der Waals surface area contributed by atoms with E-state index in [0.29, 0.717) is 69.7 Å². The van der Waals surface area contributed by atoms with Crippen molar-refractivity contribution in [1.29, 1.82) is 0 Å². The molecule has 40 heavy (non-hydrogen) atoms. The third kappa shape index (κ3) is 4.94. The zero-order valence-electron chi connectivity index (χ0n) is 21.9. The summed E-state index contributed by atoms with van der Waals surface area (Å²) in [6, 6.07) is 5.41. The lowest BCUT2D eigenvalue weighted by molar-refractivity contribution is 0.146. The van der Waals surface area contributed by atoms with Crippen LogP contribution < -0.4 is 20.3 Å². The van der Waals surface area contributed by atoms with Gasteiger partial charge in [-0.25, -0.2) is 14.2 Å². The Morgan fingerprint density at radius 3 is 2.83 bits per heavy atom. The predicted octanol–water partition coefficient (Wildman–Crippen LogP) is 3.26. The summed E-state index contributed by atoms with van der Waals surface area (Å²) >= 11 is 6.78. The molecule has 0 aromatic carbocycles. The molecule has 1 aliphatic carbocycles. The smallest absolute Gasteiger partial charge is 0.290 e. The molecule has 0 radical (unpaired) electrons. The van der Waals surface area contributed by atoms with Crippen molar-refractivity contribution in [3.8, 4) is 17.2 Å². The van der Waals surface area contributed by atoms with Gasteiger partial charge in [-0.2, -0.15) is 15.2 Å². The van der Waals surface area contributed by atoms with E-state index in [0.717, 1.165) is 18.5 Å². The molecule has 1 fully saturated rings. The number of fused-ring (bicyclic) bond motifs is 2. The summed E-state index contributed by atoms with van der Waals surface area (Å²) in [4.78, 5) is 22.0. The maximum absolute atomic E-state index is 13.0. The molecule has 2 N–H and O–H groups in total. The maximum Gasteiger partial charge on any atom is 0.290 e. The lowest BCUT2D eigenvalue weighted by atomic mass is 10.2. The maximum atomic E-state index is 13.0. The normalized spacial score (nSPS) is 13.3. The van der Waals surface area contributed by atoms with E-state index in [1.807, 2.05) is 12.1 Å². The molecule has 0 amide bonds. The van der Waals surface area contributed by atoms with E-state index in [1.165, 1.54) is 10.9 Å². The molecule has 1 aliphatic rings. The minimum atomic E-state index is -0.353. The molecular formula is C26H27ClN8O5. The standard InChI is InChI=1S/C26H27ClN8O5/c1-33-23-22(27)21(40-20-13-29-35-14-16(5-6-19(20)35)39-10-9-38-2)12-28-24(23)31-26(33)30-18-11-17(15-3-4-15)32-34(7-8-36)25(18)37/h5-6,11-15,36H,3-4,7-10H2,1-2H3,(H,28,30,31). The van der Waals surface area contributed by atoms with E-state index in [9.17, 15) is 9.90 Å². The van der Waals surface area contributed by atoms with Crippen LogP contribution in [0.25, 0.3) is 16.7 Å². The second-order valence-electron chi connectivity index (χ2n) is 9.38. The van der Waals surface area contributed by atoms with E-state index < -0.39 is 0 Å². The lowest BCUT2D eigenvalue weighted by Crippen LogP contribution is -2.27. The van der Waals surface area contributed by atoms with Gasteiger partial charge in [0.1, 0.15) is 34.1 Å². The fourth-order valence-electron chi connectivity index (χ4n) is 4.36. The highest BCUT2D eigenvalue weighted by Gasteiger charge is 2.27. The van der Waals surface area contributed by atoms with Gasteiger partial charge >= 0.3 is 0 Å². The summed E-state index contributed by atoms with van der Waals surface area (Å²) < 4.78 is 21.4. The molecule has 208 valence electrons. The van der Waals surface area contributed by atoms with Crippen LogP contribution in [0, 0.1) is 0 Å². The van der Waals surface area contributed by atoms with Gasteiger partial charge in [-0.3, -0.25) is 4.79 Å². The van der Waals surface area contributed by atoms with Gasteiger partial charge in [0.25, 0.3) is 5.56 Å². The molecule has 5 heterocycles. The number of pyridine rings is 2. The largest absolute Gasteiger partial charge is 0.490 e. The van der Waals surface area contributed by atoms with Gasteiger partial charge in [-0.15, -0.1) is 0 Å². The van der Waals surface area contributed by atoms with E-state index in [1.54, 1.807) is 41.7 Å². The lowest BCUT2D eigenvalue weighted by Gasteiger charge is -2.11. The van der Waals surface area contributed by atoms with Gasteiger partial charge in [0.15, 0.2) is 17.1 Å². The first-order valence-electron chi connectivity index (χ1n) is 12.7. The second kappa shape index (κ2) is 10.8. The van der Waals surface area contributed by atoms with Crippen LogP contribution >= 0.6 is 11.6 Å². The van der Waals surface area contributed by atoms with Gasteiger partial charge in [-0.05, 0) is 31.0 Å². The van der Waals surface area contributed by atoms with Crippen molar-refractivity contribution in [2.24, 2.45) is 7.05 Å². The third-order valence-corrected chi connectivity index (χ3v) is 6.95. The van der Waals surface area contributed by atoms with Crippen molar-refractivity contribution in [1.82, 2.24) is 33.9 Å². The fourth-order valence-corrected chi connectivity index (χ4v) is 4.66. The first kappa shape index (κ1) is 26.0. The Hall–Kier alpha value is -4.20. The number of aryl methyl sites for hydroxylation is 1. The molecule has 0 saturated heterocycles. The SMILES string of the molecule is COCCOc1ccc2c(Oc3cnc4nc(Nc5cc(C6CC6)nn(CCO)c5=O)n(C)c4c3Cl)cnn2c1. The first-order valence-corrected chi connectivity index (χ1v) is 13.1. The molecule has 13 nitrogen and oxygen atoms in total. The number of imidazole rings is 1. The summed E-state index contributed by atoms with van der Waals surface area (Å²) in [5, 5.41) is 21.6. The Bertz CT molecular complexity index is 1760. The first-order chi connectivity index (χ1) is 19.5. The number of halogens is 1. The highest BCUT2D eigenvalue weighted by Crippen LogP contribution is 2.40. The zero-order valence-corrected chi connectivity index (χ0v) is 22.6. The van der Waals surface area contributed by atoms with Crippen LogP contribution in [0.2, 0.25) is 5.02 Å². The molecular weight excluding hydrogens is 540 g/mol. The number of aliphatic hydroxyl groups excluding tert-OH is 1. The van der Waals surface area contributed by atoms with Crippen molar-refractivity contribution in [2.45, 2.75) is 25.3 Å². The van der Waals surface area contributed by atoms with Crippen LogP contribution in [0.1, 0.15) is 24.5 Å². The van der Waals surface area contributed by atoms with Gasteiger partial charge < -0.3 is 29.2 Å². The monoisotopic (exact) mass is 566 g/mol. The van der Waals surface area contributed by atoms with Crippen LogP contribution in [-0.2, 0) is 18.3 Å². The van der Waals surface area contributed by atoms with Crippen molar-refractivity contribution in [2.75, 3.05) is 32.2 Å². The molecule has 0 spiro atoms. The Balaban J connectivity index is 1.29. The molecule has 1 saturated carbocycles. The summed E-state index contributed by atoms with van der Waals surface area (Å²) in [5.41, 5.74) is 2.39. The number of ether oxygens (including phenoxy) is 3. The van der Waals surface area contributed by atoms with Gasteiger partial charge in [0.05, 0.1) is 44.0 Å². The number of nitrogens with one attached hydrogen (secondary N) is 1. The summed E-state index contributed by atoms with van der Waals surface area (Å²) in [6.07, 6.45) is 6.88. The average molecular weight is 567 g/mol. The second-order valence-corrected chi connectivity index (χ2v) is 9.76. The van der Waals surface area contributed by atoms with Gasteiger partial charge in [0.2, 0.25) is 5.95 Å². The van der Waals surface area contributed by atoms with E-state index >= 15 is 0 Å². The number of rotatable bonds is 11. The molecule has 5 aromatic rings. The van der Waals surface area contributed by atoms with Crippen molar-refractivity contribution < 1.29 is 19.3 Å². The van der Waals surface area contributed by atoms with E-state index in [-0.39, 0.29) is 18.7 Å². The number of aliphatic hydroxyl groups is 1. The zero-order chi connectivity index (χ0) is 27.8. The minimum Gasteiger partial charge on any atom is -0.490 e. The van der Waals surface area contributed by atoms with Crippen molar-refractivity contribution in [3.63, 3.8) is 0 Å². The number of methoxy groups -OCH3 is 1. The van der Waals surface area contributed by atoms with Crippen LogP contribution in [0.4, 0.5) is 11.6 Å². The predicted molar refractivity (Wildman–Crippen MR) is 147 cm³/mol. The Labute approximate surface area is 232 Å². The van der Waals surface area contributed by atoms with E-state index in [4.69, 9.17) is 25.8 Å². The minimum absolute atomic E-state index is 0.108. The van der Waals surface area contributed by atoms with E-state index in [2.05, 4.69) is 25.5 Å². The van der Waals surface area contributed by atoms with Crippen molar-refractivity contribution in [3.05, 3.63) is 57.9 Å². The van der Waals surface area contributed by atoms with Crippen molar-refractivity contribution >= 4 is 39.9 Å². The van der Waals surface area contributed by atoms with Crippen LogP contribution in [0.3, 0.4) is 0 Å². The van der Waals surface area contributed by atoms with Crippen LogP contribution in [0.5, 0.6) is 17.2 Å². The fraction of sp³-hybridized carbons (Fsp3) is 0.346. The number of nitrogens with zero attached hydrogens (tertiary/aromatic N) is 7. The molecule has 0 unspecified atom stereocenters. The molecule has 6 rings (SSSR count). The average Bonchev–Trinajstić information content (AvgIpc) is 3.65. The Morgan fingerprint density at radius 2 is 2.05 bits per heavy atom. The summed E-state index contributed by atoms with van der Waals surface area (Å²) in [6.45, 7) is 0.829. The van der Waals surface area contributed by atoms with Gasteiger partial charge in [-0.1, -0.05) is 11.6 Å². The Kier molecular flexibility index (Phi) is 7.00. The summed E-state index contributed by atoms with van der Waals surface area (Å²) in [7, 11) is 3.39.